The van der Waals surface area contributed by atoms with Gasteiger partial charge in [0, 0.05) is 16.0 Å². The number of halogens is 2. The fourth-order valence-electron chi connectivity index (χ4n) is 2.45. The number of nitrogens with zero attached hydrogens (tertiary/aromatic N) is 1. The lowest BCUT2D eigenvalue weighted by Gasteiger charge is -2.22. The first-order valence-electron chi connectivity index (χ1n) is 8.03. The van der Waals surface area contributed by atoms with Crippen LogP contribution in [0.3, 0.4) is 0 Å². The van der Waals surface area contributed by atoms with Crippen LogP contribution >= 0.6 is 27.5 Å². The number of furan rings is 1. The molecule has 1 heterocycles. The first-order valence-corrected chi connectivity index (χ1v) is 9.20. The summed E-state index contributed by atoms with van der Waals surface area (Å²) in [7, 11) is 0. The van der Waals surface area contributed by atoms with Gasteiger partial charge in [0.05, 0.1) is 12.8 Å². The minimum atomic E-state index is -0.135. The van der Waals surface area contributed by atoms with Gasteiger partial charge in [-0.25, -0.2) is 0 Å². The Balaban J connectivity index is 1.68. The Morgan fingerprint density at radius 1 is 1.08 bits per heavy atom. The third-order valence-electron chi connectivity index (χ3n) is 3.72. The zero-order valence-electron chi connectivity index (χ0n) is 13.9. The maximum absolute atomic E-state index is 12.7. The molecule has 0 bridgehead atoms. The van der Waals surface area contributed by atoms with E-state index in [-0.39, 0.29) is 12.5 Å². The SMILES string of the molecule is O=C(COc1ccc(Br)cc1)N(Cc1cccc(Cl)c1)Cc1ccco1. The topological polar surface area (TPSA) is 42.7 Å². The van der Waals surface area contributed by atoms with Crippen LogP contribution in [0.2, 0.25) is 5.02 Å². The van der Waals surface area contributed by atoms with Crippen molar-refractivity contribution in [3.05, 3.63) is 87.7 Å². The Morgan fingerprint density at radius 2 is 1.88 bits per heavy atom. The number of ether oxygens (including phenoxy) is 1. The number of carbonyl (C=O) groups excluding carboxylic acids is 1. The van der Waals surface area contributed by atoms with Crippen molar-refractivity contribution in [2.75, 3.05) is 6.61 Å². The second-order valence-electron chi connectivity index (χ2n) is 5.70. The van der Waals surface area contributed by atoms with Gasteiger partial charge in [0.25, 0.3) is 5.91 Å². The lowest BCUT2D eigenvalue weighted by molar-refractivity contribution is -0.134. The Bertz CT molecular complexity index is 850. The molecule has 2 aromatic carbocycles. The zero-order chi connectivity index (χ0) is 18.4. The van der Waals surface area contributed by atoms with Crippen molar-refractivity contribution in [3.63, 3.8) is 0 Å². The van der Waals surface area contributed by atoms with Crippen LogP contribution in [0.5, 0.6) is 5.75 Å². The molecule has 0 fully saturated rings. The largest absolute Gasteiger partial charge is 0.484 e. The van der Waals surface area contributed by atoms with E-state index >= 15 is 0 Å². The molecule has 0 aliphatic rings. The van der Waals surface area contributed by atoms with Gasteiger partial charge in [0.15, 0.2) is 6.61 Å². The van der Waals surface area contributed by atoms with E-state index in [1.165, 1.54) is 0 Å². The Hall–Kier alpha value is -2.24. The third kappa shape index (κ3) is 5.38. The first kappa shape index (κ1) is 18.5. The van der Waals surface area contributed by atoms with Gasteiger partial charge >= 0.3 is 0 Å². The van der Waals surface area contributed by atoms with E-state index in [2.05, 4.69) is 15.9 Å². The molecular weight excluding hydrogens is 418 g/mol. The summed E-state index contributed by atoms with van der Waals surface area (Å²) in [5.41, 5.74) is 0.945. The highest BCUT2D eigenvalue weighted by atomic mass is 79.9. The molecule has 26 heavy (non-hydrogen) atoms. The highest BCUT2D eigenvalue weighted by Crippen LogP contribution is 2.18. The van der Waals surface area contributed by atoms with Crippen molar-refractivity contribution in [3.8, 4) is 5.75 Å². The summed E-state index contributed by atoms with van der Waals surface area (Å²) < 4.78 is 12.0. The van der Waals surface area contributed by atoms with Crippen LogP contribution in [-0.2, 0) is 17.9 Å². The van der Waals surface area contributed by atoms with Gasteiger partial charge in [-0.3, -0.25) is 4.79 Å². The summed E-state index contributed by atoms with van der Waals surface area (Å²) in [6.07, 6.45) is 1.59. The van der Waals surface area contributed by atoms with Gasteiger partial charge in [-0.2, -0.15) is 0 Å². The summed E-state index contributed by atoms with van der Waals surface area (Å²) >= 11 is 9.43. The second-order valence-corrected chi connectivity index (χ2v) is 7.05. The van der Waals surface area contributed by atoms with E-state index in [4.69, 9.17) is 20.8 Å². The number of hydrogen-bond donors (Lipinski definition) is 0. The third-order valence-corrected chi connectivity index (χ3v) is 4.48. The van der Waals surface area contributed by atoms with Crippen LogP contribution in [0.1, 0.15) is 11.3 Å². The molecule has 0 saturated carbocycles. The van der Waals surface area contributed by atoms with E-state index in [0.717, 1.165) is 10.0 Å². The number of amides is 1. The lowest BCUT2D eigenvalue weighted by atomic mass is 10.2. The highest BCUT2D eigenvalue weighted by Gasteiger charge is 2.17. The average molecular weight is 435 g/mol. The van der Waals surface area contributed by atoms with Gasteiger partial charge < -0.3 is 14.1 Å². The first-order chi connectivity index (χ1) is 12.6. The maximum atomic E-state index is 12.7. The average Bonchev–Trinajstić information content (AvgIpc) is 3.13. The van der Waals surface area contributed by atoms with Crippen LogP contribution in [0.4, 0.5) is 0 Å². The molecule has 0 atom stereocenters. The smallest absolute Gasteiger partial charge is 0.261 e. The Kier molecular flexibility index (Phi) is 6.36. The standard InChI is InChI=1S/C20H17BrClNO3/c21-16-6-8-18(9-7-16)26-14-20(24)23(13-19-5-2-10-25-19)12-15-3-1-4-17(22)11-15/h1-11H,12-14H2. The molecule has 0 aliphatic carbocycles. The van der Waals surface area contributed by atoms with E-state index in [1.54, 1.807) is 23.3 Å². The molecule has 0 unspecified atom stereocenters. The minimum absolute atomic E-state index is 0.0527. The maximum Gasteiger partial charge on any atom is 0.261 e. The van der Waals surface area contributed by atoms with Crippen molar-refractivity contribution in [1.29, 1.82) is 0 Å². The fourth-order valence-corrected chi connectivity index (χ4v) is 2.92. The molecule has 1 aromatic heterocycles. The lowest BCUT2D eigenvalue weighted by Crippen LogP contribution is -2.34. The molecule has 0 spiro atoms. The van der Waals surface area contributed by atoms with Gasteiger partial charge in [-0.15, -0.1) is 0 Å². The Morgan fingerprint density at radius 3 is 2.58 bits per heavy atom. The van der Waals surface area contributed by atoms with Crippen molar-refractivity contribution in [2.45, 2.75) is 13.1 Å². The normalized spacial score (nSPS) is 10.5. The van der Waals surface area contributed by atoms with Gasteiger partial charge in [-0.05, 0) is 54.1 Å². The van der Waals surface area contributed by atoms with Crippen molar-refractivity contribution in [1.82, 2.24) is 4.90 Å². The molecular formula is C20H17BrClNO3. The van der Waals surface area contributed by atoms with E-state index in [0.29, 0.717) is 29.6 Å². The minimum Gasteiger partial charge on any atom is -0.484 e. The van der Waals surface area contributed by atoms with Crippen LogP contribution in [0.25, 0.3) is 0 Å². The van der Waals surface area contributed by atoms with Crippen LogP contribution in [-0.4, -0.2) is 17.4 Å². The van der Waals surface area contributed by atoms with Crippen LogP contribution in [0.15, 0.2) is 75.8 Å². The van der Waals surface area contributed by atoms with Crippen molar-refractivity contribution < 1.29 is 13.9 Å². The molecule has 0 N–H and O–H groups in total. The van der Waals surface area contributed by atoms with Crippen LogP contribution in [0, 0.1) is 0 Å². The molecule has 6 heteroatoms. The number of benzene rings is 2. The van der Waals surface area contributed by atoms with Gasteiger partial charge in [0.2, 0.25) is 0 Å². The highest BCUT2D eigenvalue weighted by molar-refractivity contribution is 9.10. The predicted octanol–water partition coefficient (Wildman–Crippen LogP) is 5.30. The van der Waals surface area contributed by atoms with Crippen LogP contribution < -0.4 is 4.74 Å². The van der Waals surface area contributed by atoms with E-state index < -0.39 is 0 Å². The number of carbonyl (C=O) groups is 1. The zero-order valence-corrected chi connectivity index (χ0v) is 16.2. The molecule has 0 aliphatic heterocycles. The summed E-state index contributed by atoms with van der Waals surface area (Å²) in [5, 5.41) is 0.638. The van der Waals surface area contributed by atoms with E-state index in [9.17, 15) is 4.79 Å². The van der Waals surface area contributed by atoms with Crippen molar-refractivity contribution in [2.24, 2.45) is 0 Å². The van der Waals surface area contributed by atoms with E-state index in [1.807, 2.05) is 48.5 Å². The molecule has 3 aromatic rings. The molecule has 4 nitrogen and oxygen atoms in total. The summed E-state index contributed by atoms with van der Waals surface area (Å²) in [5.74, 6) is 1.22. The predicted molar refractivity (Wildman–Crippen MR) is 104 cm³/mol. The molecule has 0 saturated heterocycles. The molecule has 1 amide bonds. The molecule has 134 valence electrons. The quantitative estimate of drug-likeness (QED) is 0.506. The summed E-state index contributed by atoms with van der Waals surface area (Å²) in [4.78, 5) is 14.4. The number of rotatable bonds is 7. The molecule has 0 radical (unpaired) electrons. The van der Waals surface area contributed by atoms with Crippen molar-refractivity contribution >= 4 is 33.4 Å². The monoisotopic (exact) mass is 433 g/mol. The summed E-state index contributed by atoms with van der Waals surface area (Å²) in [6.45, 7) is 0.731. The number of hydrogen-bond acceptors (Lipinski definition) is 3. The summed E-state index contributed by atoms with van der Waals surface area (Å²) in [6, 6.07) is 18.5. The fraction of sp³-hybridized carbons (Fsp3) is 0.150. The molecule has 3 rings (SSSR count). The second kappa shape index (κ2) is 8.92. The van der Waals surface area contributed by atoms with Gasteiger partial charge in [-0.1, -0.05) is 39.7 Å². The Labute approximate surface area is 165 Å². The van der Waals surface area contributed by atoms with Gasteiger partial charge in [0.1, 0.15) is 11.5 Å².